The SMILES string of the molecule is CC(=O)c1ccc(N2CCN(C(C)C(=O)NC3CCCC(C)C3C)CC2)c(F)c1. The van der Waals surface area contributed by atoms with Gasteiger partial charge in [0.1, 0.15) is 5.82 Å². The molecule has 6 heteroatoms. The van der Waals surface area contributed by atoms with Gasteiger partial charge in [-0.05, 0) is 50.3 Å². The first-order chi connectivity index (χ1) is 13.8. The van der Waals surface area contributed by atoms with Gasteiger partial charge >= 0.3 is 0 Å². The molecule has 1 N–H and O–H groups in total. The van der Waals surface area contributed by atoms with Gasteiger partial charge in [0.2, 0.25) is 5.91 Å². The van der Waals surface area contributed by atoms with Crippen LogP contribution < -0.4 is 10.2 Å². The van der Waals surface area contributed by atoms with Crippen molar-refractivity contribution < 1.29 is 14.0 Å². The van der Waals surface area contributed by atoms with Crippen LogP contribution in [0.4, 0.5) is 10.1 Å². The fraction of sp³-hybridized carbons (Fsp3) is 0.652. The van der Waals surface area contributed by atoms with E-state index in [1.807, 2.05) is 11.8 Å². The van der Waals surface area contributed by atoms with Crippen LogP contribution in [0, 0.1) is 17.7 Å². The van der Waals surface area contributed by atoms with Gasteiger partial charge in [0.05, 0.1) is 11.7 Å². The zero-order valence-corrected chi connectivity index (χ0v) is 18.1. The van der Waals surface area contributed by atoms with Crippen molar-refractivity contribution in [1.82, 2.24) is 10.2 Å². The van der Waals surface area contributed by atoms with Crippen molar-refractivity contribution >= 4 is 17.4 Å². The highest BCUT2D eigenvalue weighted by Crippen LogP contribution is 2.29. The van der Waals surface area contributed by atoms with Gasteiger partial charge in [0.15, 0.2) is 5.78 Å². The minimum atomic E-state index is -0.364. The zero-order valence-electron chi connectivity index (χ0n) is 18.1. The van der Waals surface area contributed by atoms with Crippen LogP contribution in [0.15, 0.2) is 18.2 Å². The average molecular weight is 404 g/mol. The average Bonchev–Trinajstić information content (AvgIpc) is 2.71. The van der Waals surface area contributed by atoms with Crippen LogP contribution in [0.25, 0.3) is 0 Å². The number of anilines is 1. The fourth-order valence-electron chi connectivity index (χ4n) is 4.59. The zero-order chi connectivity index (χ0) is 21.1. The van der Waals surface area contributed by atoms with Crippen LogP contribution in [0.3, 0.4) is 0 Å². The molecule has 1 heterocycles. The second kappa shape index (κ2) is 9.24. The van der Waals surface area contributed by atoms with E-state index in [1.54, 1.807) is 12.1 Å². The fourth-order valence-corrected chi connectivity index (χ4v) is 4.59. The third kappa shape index (κ3) is 4.97. The van der Waals surface area contributed by atoms with Crippen LogP contribution >= 0.6 is 0 Å². The third-order valence-corrected chi connectivity index (χ3v) is 6.97. The van der Waals surface area contributed by atoms with Crippen molar-refractivity contribution in [2.24, 2.45) is 11.8 Å². The molecule has 1 amide bonds. The predicted molar refractivity (Wildman–Crippen MR) is 114 cm³/mol. The quantitative estimate of drug-likeness (QED) is 0.765. The number of hydrogen-bond acceptors (Lipinski definition) is 4. The molecule has 2 fully saturated rings. The molecule has 1 aromatic rings. The maximum atomic E-state index is 14.4. The van der Waals surface area contributed by atoms with E-state index in [4.69, 9.17) is 0 Å². The molecule has 29 heavy (non-hydrogen) atoms. The van der Waals surface area contributed by atoms with E-state index >= 15 is 0 Å². The summed E-state index contributed by atoms with van der Waals surface area (Å²) in [6.45, 7) is 10.6. The van der Waals surface area contributed by atoms with E-state index in [-0.39, 0.29) is 29.6 Å². The first-order valence-electron chi connectivity index (χ1n) is 10.9. The number of halogens is 1. The Morgan fingerprint density at radius 1 is 1.14 bits per heavy atom. The third-order valence-electron chi connectivity index (χ3n) is 6.97. The van der Waals surface area contributed by atoms with Crippen LogP contribution in [0.1, 0.15) is 57.3 Å². The van der Waals surface area contributed by atoms with Crippen LogP contribution in [-0.2, 0) is 4.79 Å². The summed E-state index contributed by atoms with van der Waals surface area (Å²) < 4.78 is 14.4. The minimum absolute atomic E-state index is 0.0985. The second-order valence-electron chi connectivity index (χ2n) is 8.80. The van der Waals surface area contributed by atoms with Crippen molar-refractivity contribution in [2.75, 3.05) is 31.1 Å². The standard InChI is InChI=1S/C23H34FN3O2/c1-15-6-5-7-21(16(15)2)25-23(29)17(3)26-10-12-27(13-11-26)22-9-8-19(18(4)28)14-20(22)24/h8-9,14-17,21H,5-7,10-13H2,1-4H3,(H,25,29). The van der Waals surface area contributed by atoms with E-state index in [0.717, 1.165) is 6.42 Å². The van der Waals surface area contributed by atoms with Gasteiger partial charge in [-0.1, -0.05) is 26.7 Å². The number of benzene rings is 1. The van der Waals surface area contributed by atoms with Crippen LogP contribution in [0.2, 0.25) is 0 Å². The number of rotatable bonds is 5. The Morgan fingerprint density at radius 2 is 1.83 bits per heavy atom. The van der Waals surface area contributed by atoms with E-state index in [2.05, 4.69) is 24.1 Å². The number of nitrogens with zero attached hydrogens (tertiary/aromatic N) is 2. The first-order valence-corrected chi connectivity index (χ1v) is 10.9. The molecule has 2 aliphatic rings. The molecule has 0 aromatic heterocycles. The smallest absolute Gasteiger partial charge is 0.237 e. The molecular formula is C23H34FN3O2. The Morgan fingerprint density at radius 3 is 2.45 bits per heavy atom. The van der Waals surface area contributed by atoms with Crippen molar-refractivity contribution in [1.29, 1.82) is 0 Å². The summed E-state index contributed by atoms with van der Waals surface area (Å²) in [5.41, 5.74) is 0.915. The molecule has 3 rings (SSSR count). The minimum Gasteiger partial charge on any atom is -0.367 e. The first kappa shape index (κ1) is 21.8. The molecule has 160 valence electrons. The lowest BCUT2D eigenvalue weighted by Gasteiger charge is -2.40. The lowest BCUT2D eigenvalue weighted by atomic mass is 9.78. The molecule has 0 spiro atoms. The van der Waals surface area contributed by atoms with Crippen LogP contribution in [0.5, 0.6) is 0 Å². The number of ketones is 1. The summed E-state index contributed by atoms with van der Waals surface area (Å²) in [4.78, 5) is 28.4. The van der Waals surface area contributed by atoms with E-state index in [9.17, 15) is 14.0 Å². The summed E-state index contributed by atoms with van der Waals surface area (Å²) in [5.74, 6) is 0.760. The van der Waals surface area contributed by atoms with E-state index in [0.29, 0.717) is 49.3 Å². The summed E-state index contributed by atoms with van der Waals surface area (Å²) in [6, 6.07) is 4.75. The lowest BCUT2D eigenvalue weighted by Crippen LogP contribution is -2.56. The summed E-state index contributed by atoms with van der Waals surface area (Å²) in [6.07, 6.45) is 3.49. The van der Waals surface area contributed by atoms with Crippen LogP contribution in [-0.4, -0.2) is 54.9 Å². The molecule has 0 bridgehead atoms. The molecule has 1 saturated heterocycles. The number of nitrogens with one attached hydrogen (secondary N) is 1. The number of carbonyl (C=O) groups excluding carboxylic acids is 2. The van der Waals surface area contributed by atoms with Gasteiger partial charge in [-0.15, -0.1) is 0 Å². The largest absolute Gasteiger partial charge is 0.367 e. The van der Waals surface area contributed by atoms with Crippen molar-refractivity contribution in [3.8, 4) is 0 Å². The summed E-state index contributed by atoms with van der Waals surface area (Å²) in [7, 11) is 0. The van der Waals surface area contributed by atoms with Gasteiger partial charge in [-0.2, -0.15) is 0 Å². The lowest BCUT2D eigenvalue weighted by molar-refractivity contribution is -0.127. The number of hydrogen-bond donors (Lipinski definition) is 1. The molecule has 1 saturated carbocycles. The number of piperazine rings is 1. The Labute approximate surface area is 173 Å². The topological polar surface area (TPSA) is 52.7 Å². The number of carbonyl (C=O) groups is 2. The Bertz CT molecular complexity index is 746. The monoisotopic (exact) mass is 403 g/mol. The Balaban J connectivity index is 1.54. The molecular weight excluding hydrogens is 369 g/mol. The normalized spacial score (nSPS) is 26.8. The summed E-state index contributed by atoms with van der Waals surface area (Å²) in [5, 5.41) is 3.28. The maximum absolute atomic E-state index is 14.4. The molecule has 5 nitrogen and oxygen atoms in total. The Hall–Kier alpha value is -1.95. The highest BCUT2D eigenvalue weighted by atomic mass is 19.1. The van der Waals surface area contributed by atoms with E-state index < -0.39 is 0 Å². The summed E-state index contributed by atoms with van der Waals surface area (Å²) >= 11 is 0. The van der Waals surface area contributed by atoms with Gasteiger partial charge < -0.3 is 10.2 Å². The number of Topliss-reactive ketones (excluding diaryl/α,β-unsaturated/α-hetero) is 1. The predicted octanol–water partition coefficient (Wildman–Crippen LogP) is 3.48. The van der Waals surface area contributed by atoms with E-state index in [1.165, 1.54) is 25.8 Å². The molecule has 1 aliphatic heterocycles. The number of amides is 1. The molecule has 1 aliphatic carbocycles. The highest BCUT2D eigenvalue weighted by Gasteiger charge is 2.32. The molecule has 4 unspecified atom stereocenters. The molecule has 0 radical (unpaired) electrons. The van der Waals surface area contributed by atoms with Gasteiger partial charge in [0.25, 0.3) is 0 Å². The second-order valence-corrected chi connectivity index (χ2v) is 8.80. The van der Waals surface area contributed by atoms with Gasteiger partial charge in [-0.25, -0.2) is 4.39 Å². The molecule has 1 aromatic carbocycles. The Kier molecular flexibility index (Phi) is 6.93. The molecule has 4 atom stereocenters. The van der Waals surface area contributed by atoms with Gasteiger partial charge in [-0.3, -0.25) is 14.5 Å². The highest BCUT2D eigenvalue weighted by molar-refractivity contribution is 5.94. The van der Waals surface area contributed by atoms with Crippen molar-refractivity contribution in [3.63, 3.8) is 0 Å². The van der Waals surface area contributed by atoms with Gasteiger partial charge in [0, 0.05) is 37.8 Å². The van der Waals surface area contributed by atoms with Crippen molar-refractivity contribution in [2.45, 2.75) is 59.0 Å². The maximum Gasteiger partial charge on any atom is 0.237 e. The van der Waals surface area contributed by atoms with Crippen molar-refractivity contribution in [3.05, 3.63) is 29.6 Å².